The first-order valence-corrected chi connectivity index (χ1v) is 5.70. The molecule has 0 atom stereocenters. The molecule has 4 N–H and O–H groups in total. The summed E-state index contributed by atoms with van der Waals surface area (Å²) in [5.74, 6) is -0.997. The van der Waals surface area contributed by atoms with Crippen LogP contribution in [0, 0.1) is 0 Å². The molecule has 2 aromatic rings. The number of phenolic OH excluding ortho intramolecular Hbond substituents is 3. The van der Waals surface area contributed by atoms with Gasteiger partial charge in [0.25, 0.3) is 5.91 Å². The van der Waals surface area contributed by atoms with Crippen molar-refractivity contribution in [2.75, 3.05) is 0 Å². The molecule has 0 heterocycles. The van der Waals surface area contributed by atoms with Gasteiger partial charge in [-0.2, -0.15) is 5.10 Å². The van der Waals surface area contributed by atoms with E-state index in [4.69, 9.17) is 0 Å². The summed E-state index contributed by atoms with van der Waals surface area (Å²) in [5.41, 5.74) is 2.74. The van der Waals surface area contributed by atoms with Crippen molar-refractivity contribution in [1.29, 1.82) is 0 Å². The normalized spacial score (nSPS) is 10.6. The molecule has 0 aliphatic rings. The van der Waals surface area contributed by atoms with Gasteiger partial charge < -0.3 is 15.3 Å². The molecular weight excluding hydrogens is 260 g/mol. The van der Waals surface area contributed by atoms with Gasteiger partial charge >= 0.3 is 0 Å². The predicted molar refractivity (Wildman–Crippen MR) is 72.9 cm³/mol. The summed E-state index contributed by atoms with van der Waals surface area (Å²) in [6.07, 6.45) is 1.29. The Balaban J connectivity index is 2.07. The van der Waals surface area contributed by atoms with Crippen molar-refractivity contribution in [2.45, 2.75) is 0 Å². The molecule has 20 heavy (non-hydrogen) atoms. The van der Waals surface area contributed by atoms with E-state index in [0.717, 1.165) is 6.07 Å². The fraction of sp³-hybridized carbons (Fsp3) is 0. The lowest BCUT2D eigenvalue weighted by atomic mass is 10.2. The van der Waals surface area contributed by atoms with E-state index in [1.165, 1.54) is 24.4 Å². The highest BCUT2D eigenvalue weighted by molar-refractivity contribution is 5.95. The SMILES string of the molecule is O=C(NN=Cc1ccccc1O)c1cc(O)cc(O)c1. The van der Waals surface area contributed by atoms with Gasteiger partial charge in [0.2, 0.25) is 0 Å². The second-order valence-corrected chi connectivity index (χ2v) is 4.00. The average Bonchev–Trinajstić information content (AvgIpc) is 2.39. The number of carbonyl (C=O) groups excluding carboxylic acids is 1. The molecular formula is C14H12N2O4. The third-order valence-electron chi connectivity index (χ3n) is 2.47. The maximum Gasteiger partial charge on any atom is 0.271 e. The van der Waals surface area contributed by atoms with Crippen molar-refractivity contribution in [3.05, 3.63) is 53.6 Å². The van der Waals surface area contributed by atoms with Gasteiger partial charge in [-0.15, -0.1) is 0 Å². The molecule has 0 spiro atoms. The minimum Gasteiger partial charge on any atom is -0.508 e. The van der Waals surface area contributed by atoms with Gasteiger partial charge in [-0.3, -0.25) is 4.79 Å². The first-order chi connectivity index (χ1) is 9.56. The lowest BCUT2D eigenvalue weighted by Crippen LogP contribution is -2.17. The van der Waals surface area contributed by atoms with E-state index in [-0.39, 0.29) is 22.8 Å². The van der Waals surface area contributed by atoms with Gasteiger partial charge in [0.15, 0.2) is 0 Å². The van der Waals surface area contributed by atoms with Crippen LogP contribution in [0.1, 0.15) is 15.9 Å². The van der Waals surface area contributed by atoms with Crippen LogP contribution >= 0.6 is 0 Å². The number of aromatic hydroxyl groups is 3. The summed E-state index contributed by atoms with van der Waals surface area (Å²) < 4.78 is 0. The number of hydrazone groups is 1. The monoisotopic (exact) mass is 272 g/mol. The third-order valence-corrected chi connectivity index (χ3v) is 2.47. The Morgan fingerprint density at radius 1 is 1.05 bits per heavy atom. The lowest BCUT2D eigenvalue weighted by Gasteiger charge is -2.02. The Morgan fingerprint density at radius 3 is 2.35 bits per heavy atom. The van der Waals surface area contributed by atoms with Gasteiger partial charge in [-0.1, -0.05) is 12.1 Å². The zero-order valence-electron chi connectivity index (χ0n) is 10.3. The zero-order chi connectivity index (χ0) is 14.5. The Labute approximate surface area is 114 Å². The molecule has 0 bridgehead atoms. The van der Waals surface area contributed by atoms with Crippen LogP contribution in [0.5, 0.6) is 17.2 Å². The van der Waals surface area contributed by atoms with Crippen LogP contribution in [0.15, 0.2) is 47.6 Å². The van der Waals surface area contributed by atoms with Crippen LogP contribution in [0.3, 0.4) is 0 Å². The van der Waals surface area contributed by atoms with Crippen LogP contribution < -0.4 is 5.43 Å². The van der Waals surface area contributed by atoms with Crippen LogP contribution in [-0.2, 0) is 0 Å². The number of rotatable bonds is 3. The highest BCUT2D eigenvalue weighted by Gasteiger charge is 2.07. The number of nitrogens with zero attached hydrogens (tertiary/aromatic N) is 1. The van der Waals surface area contributed by atoms with Crippen LogP contribution in [-0.4, -0.2) is 27.4 Å². The molecule has 0 aromatic heterocycles. The summed E-state index contributed by atoms with van der Waals surface area (Å²) in [6, 6.07) is 10.0. The fourth-order valence-corrected chi connectivity index (χ4v) is 1.55. The Bertz CT molecular complexity index is 648. The maximum atomic E-state index is 11.7. The molecule has 102 valence electrons. The topological polar surface area (TPSA) is 102 Å². The fourth-order valence-electron chi connectivity index (χ4n) is 1.55. The van der Waals surface area contributed by atoms with Crippen molar-refractivity contribution in [1.82, 2.24) is 5.43 Å². The second-order valence-electron chi connectivity index (χ2n) is 4.00. The largest absolute Gasteiger partial charge is 0.508 e. The molecule has 0 saturated heterocycles. The van der Waals surface area contributed by atoms with E-state index in [1.54, 1.807) is 18.2 Å². The number of para-hydroxylation sites is 1. The predicted octanol–water partition coefficient (Wildman–Crippen LogP) is 1.57. The highest BCUT2D eigenvalue weighted by atomic mass is 16.3. The van der Waals surface area contributed by atoms with Crippen molar-refractivity contribution in [2.24, 2.45) is 5.10 Å². The van der Waals surface area contributed by atoms with E-state index < -0.39 is 5.91 Å². The molecule has 6 nitrogen and oxygen atoms in total. The smallest absolute Gasteiger partial charge is 0.271 e. The van der Waals surface area contributed by atoms with Gasteiger partial charge in [0.05, 0.1) is 6.21 Å². The zero-order valence-corrected chi connectivity index (χ0v) is 10.3. The quantitative estimate of drug-likeness (QED) is 0.503. The molecule has 2 rings (SSSR count). The summed E-state index contributed by atoms with van der Waals surface area (Å²) >= 11 is 0. The molecule has 0 saturated carbocycles. The van der Waals surface area contributed by atoms with Crippen molar-refractivity contribution >= 4 is 12.1 Å². The Morgan fingerprint density at radius 2 is 1.70 bits per heavy atom. The number of benzene rings is 2. The number of nitrogens with one attached hydrogen (secondary N) is 1. The highest BCUT2D eigenvalue weighted by Crippen LogP contribution is 2.20. The number of carbonyl (C=O) groups is 1. The third kappa shape index (κ3) is 3.26. The average molecular weight is 272 g/mol. The maximum absolute atomic E-state index is 11.7. The number of hydrogen-bond acceptors (Lipinski definition) is 5. The van der Waals surface area contributed by atoms with Gasteiger partial charge in [-0.05, 0) is 24.3 Å². The summed E-state index contributed by atoms with van der Waals surface area (Å²) in [6.45, 7) is 0. The first-order valence-electron chi connectivity index (χ1n) is 5.70. The van der Waals surface area contributed by atoms with E-state index in [2.05, 4.69) is 10.5 Å². The molecule has 1 amide bonds. The lowest BCUT2D eigenvalue weighted by molar-refractivity contribution is 0.0954. The summed E-state index contributed by atoms with van der Waals surface area (Å²) in [4.78, 5) is 11.7. The minimum atomic E-state index is -0.595. The van der Waals surface area contributed by atoms with Gasteiger partial charge in [-0.25, -0.2) is 5.43 Å². The van der Waals surface area contributed by atoms with E-state index in [0.29, 0.717) is 5.56 Å². The Hall–Kier alpha value is -3.02. The van der Waals surface area contributed by atoms with E-state index in [9.17, 15) is 20.1 Å². The molecule has 0 fully saturated rings. The minimum absolute atomic E-state index is 0.0421. The number of hydrogen-bond donors (Lipinski definition) is 4. The Kier molecular flexibility index (Phi) is 3.85. The standard InChI is InChI=1S/C14H12N2O4/c17-11-5-10(6-12(18)7-11)14(20)16-15-8-9-3-1-2-4-13(9)19/h1-8,17-19H,(H,16,20). The molecule has 6 heteroatoms. The molecule has 0 aliphatic carbocycles. The summed E-state index contributed by atoms with van der Waals surface area (Å²) in [5, 5.41) is 31.7. The van der Waals surface area contributed by atoms with Crippen molar-refractivity contribution < 1.29 is 20.1 Å². The first kappa shape index (κ1) is 13.4. The van der Waals surface area contributed by atoms with E-state index in [1.807, 2.05) is 0 Å². The van der Waals surface area contributed by atoms with Gasteiger partial charge in [0.1, 0.15) is 17.2 Å². The van der Waals surface area contributed by atoms with E-state index >= 15 is 0 Å². The van der Waals surface area contributed by atoms with Crippen LogP contribution in [0.2, 0.25) is 0 Å². The number of amides is 1. The van der Waals surface area contributed by atoms with Crippen LogP contribution in [0.4, 0.5) is 0 Å². The molecule has 0 aliphatic heterocycles. The van der Waals surface area contributed by atoms with Crippen LogP contribution in [0.25, 0.3) is 0 Å². The molecule has 2 aromatic carbocycles. The number of phenols is 3. The molecule has 0 unspecified atom stereocenters. The van der Waals surface area contributed by atoms with Crippen molar-refractivity contribution in [3.8, 4) is 17.2 Å². The van der Waals surface area contributed by atoms with Gasteiger partial charge in [0, 0.05) is 17.2 Å². The summed E-state index contributed by atoms with van der Waals surface area (Å²) in [7, 11) is 0. The van der Waals surface area contributed by atoms with Crippen molar-refractivity contribution in [3.63, 3.8) is 0 Å². The second kappa shape index (κ2) is 5.75. The molecule has 0 radical (unpaired) electrons.